The Morgan fingerprint density at radius 1 is 1.38 bits per heavy atom. The van der Waals surface area contributed by atoms with Gasteiger partial charge in [-0.1, -0.05) is 19.9 Å². The zero-order chi connectivity index (χ0) is 10.1. The summed E-state index contributed by atoms with van der Waals surface area (Å²) in [5.74, 6) is 0.852. The second-order valence-electron chi connectivity index (χ2n) is 2.99. The maximum atomic E-state index is 9.02. The van der Waals surface area contributed by atoms with Gasteiger partial charge in [0.2, 0.25) is 0 Å². The molecule has 0 rings (SSSR count). The molecule has 1 N–H and O–H groups in total. The van der Waals surface area contributed by atoms with Gasteiger partial charge in [-0.3, -0.25) is 0 Å². The van der Waals surface area contributed by atoms with Crippen LogP contribution in [0.1, 0.15) is 33.6 Å². The minimum atomic E-state index is -0.407. The normalized spacial score (nSPS) is 14.9. The number of aliphatic hydroxyl groups excluding tert-OH is 1. The van der Waals surface area contributed by atoms with Crippen LogP contribution >= 0.6 is 0 Å². The summed E-state index contributed by atoms with van der Waals surface area (Å²) < 4.78 is 5.37. The van der Waals surface area contributed by atoms with Crippen LogP contribution in [0.25, 0.3) is 0 Å². The van der Waals surface area contributed by atoms with Crippen molar-refractivity contribution >= 4 is 0 Å². The van der Waals surface area contributed by atoms with E-state index in [2.05, 4.69) is 13.8 Å². The molecule has 0 saturated heterocycles. The molecule has 0 aromatic rings. The van der Waals surface area contributed by atoms with Gasteiger partial charge in [-0.2, -0.15) is 0 Å². The molecule has 0 fully saturated rings. The minimum absolute atomic E-state index is 0.361. The van der Waals surface area contributed by atoms with Crippen molar-refractivity contribution in [2.24, 2.45) is 0 Å². The van der Waals surface area contributed by atoms with E-state index in [1.165, 1.54) is 0 Å². The van der Waals surface area contributed by atoms with Crippen molar-refractivity contribution in [3.63, 3.8) is 0 Å². The van der Waals surface area contributed by atoms with E-state index in [9.17, 15) is 0 Å². The molecule has 2 nitrogen and oxygen atoms in total. The summed E-state index contributed by atoms with van der Waals surface area (Å²) in [4.78, 5) is 0. The number of ether oxygens (including phenoxy) is 1. The Balaban J connectivity index is 3.95. The van der Waals surface area contributed by atoms with E-state index in [0.29, 0.717) is 6.61 Å². The van der Waals surface area contributed by atoms with Gasteiger partial charge in [-0.05, 0) is 31.9 Å². The predicted octanol–water partition coefficient (Wildman–Crippen LogP) is 2.64. The fraction of sp³-hybridized carbons (Fsp3) is 0.636. The maximum absolute atomic E-state index is 9.02. The minimum Gasteiger partial charge on any atom is -0.491 e. The summed E-state index contributed by atoms with van der Waals surface area (Å²) in [7, 11) is 0. The van der Waals surface area contributed by atoms with Gasteiger partial charge >= 0.3 is 0 Å². The SMILES string of the molecule is CC/C=C\C(=C/CC)OCC(C)O. The first-order valence-electron chi connectivity index (χ1n) is 4.88. The third-order valence-electron chi connectivity index (χ3n) is 1.41. The second kappa shape index (κ2) is 7.87. The highest BCUT2D eigenvalue weighted by atomic mass is 16.5. The van der Waals surface area contributed by atoms with Crippen molar-refractivity contribution < 1.29 is 9.84 Å². The van der Waals surface area contributed by atoms with Gasteiger partial charge in [0.1, 0.15) is 12.4 Å². The van der Waals surface area contributed by atoms with Crippen molar-refractivity contribution in [1.82, 2.24) is 0 Å². The average molecular weight is 184 g/mol. The number of allylic oxidation sites excluding steroid dienone is 3. The Bertz CT molecular complexity index is 169. The molecule has 0 aliphatic heterocycles. The molecule has 0 aliphatic carbocycles. The molecule has 2 heteroatoms. The molecule has 13 heavy (non-hydrogen) atoms. The summed E-state index contributed by atoms with van der Waals surface area (Å²) in [6.45, 7) is 6.22. The molecule has 0 aromatic heterocycles. The highest BCUT2D eigenvalue weighted by Gasteiger charge is 1.96. The lowest BCUT2D eigenvalue weighted by molar-refractivity contribution is 0.0879. The van der Waals surface area contributed by atoms with Gasteiger partial charge in [-0.25, -0.2) is 0 Å². The van der Waals surface area contributed by atoms with Crippen LogP contribution in [0.3, 0.4) is 0 Å². The van der Waals surface area contributed by atoms with Gasteiger partial charge < -0.3 is 9.84 Å². The molecule has 1 unspecified atom stereocenters. The summed E-state index contributed by atoms with van der Waals surface area (Å²) >= 11 is 0. The van der Waals surface area contributed by atoms with Crippen LogP contribution in [-0.2, 0) is 4.74 Å². The fourth-order valence-electron chi connectivity index (χ4n) is 0.827. The molecular formula is C11H20O2. The Morgan fingerprint density at radius 2 is 2.08 bits per heavy atom. The van der Waals surface area contributed by atoms with E-state index >= 15 is 0 Å². The average Bonchev–Trinajstić information content (AvgIpc) is 2.09. The molecule has 0 aromatic carbocycles. The third kappa shape index (κ3) is 7.60. The molecule has 0 saturated carbocycles. The molecule has 0 bridgehead atoms. The quantitative estimate of drug-likeness (QED) is 0.508. The maximum Gasteiger partial charge on any atom is 0.115 e. The molecule has 0 spiro atoms. The lowest BCUT2D eigenvalue weighted by atomic mass is 10.3. The first-order chi connectivity index (χ1) is 6.20. The van der Waals surface area contributed by atoms with E-state index < -0.39 is 6.10 Å². The molecule has 0 heterocycles. The van der Waals surface area contributed by atoms with E-state index in [1.54, 1.807) is 6.92 Å². The molecule has 0 radical (unpaired) electrons. The predicted molar refractivity (Wildman–Crippen MR) is 55.4 cm³/mol. The highest BCUT2D eigenvalue weighted by Crippen LogP contribution is 2.03. The van der Waals surface area contributed by atoms with E-state index in [0.717, 1.165) is 18.6 Å². The number of hydrogen-bond acceptors (Lipinski definition) is 2. The molecular weight excluding hydrogens is 164 g/mol. The largest absolute Gasteiger partial charge is 0.491 e. The van der Waals surface area contributed by atoms with Crippen LogP contribution in [0.15, 0.2) is 24.0 Å². The summed E-state index contributed by atoms with van der Waals surface area (Å²) in [5.41, 5.74) is 0. The van der Waals surface area contributed by atoms with Crippen LogP contribution in [0, 0.1) is 0 Å². The Kier molecular flexibility index (Phi) is 7.41. The zero-order valence-electron chi connectivity index (χ0n) is 8.79. The van der Waals surface area contributed by atoms with Gasteiger partial charge in [0, 0.05) is 0 Å². The first-order valence-corrected chi connectivity index (χ1v) is 4.88. The van der Waals surface area contributed by atoms with E-state index in [4.69, 9.17) is 9.84 Å². The summed E-state index contributed by atoms with van der Waals surface area (Å²) in [6, 6.07) is 0. The molecule has 0 amide bonds. The molecule has 0 aliphatic rings. The standard InChI is InChI=1S/C11H20O2/c1-4-6-8-11(7-5-2)13-9-10(3)12/h6-8,10,12H,4-5,9H2,1-3H3/b8-6-,11-7+. The van der Waals surface area contributed by atoms with Gasteiger partial charge in [0.25, 0.3) is 0 Å². The van der Waals surface area contributed by atoms with Crippen molar-refractivity contribution in [3.05, 3.63) is 24.0 Å². The lowest BCUT2D eigenvalue weighted by Crippen LogP contribution is -2.09. The monoisotopic (exact) mass is 184 g/mol. The van der Waals surface area contributed by atoms with E-state index in [1.807, 2.05) is 18.2 Å². The van der Waals surface area contributed by atoms with Gasteiger partial charge in [0.05, 0.1) is 6.10 Å². The van der Waals surface area contributed by atoms with Crippen LogP contribution < -0.4 is 0 Å². The highest BCUT2D eigenvalue weighted by molar-refractivity contribution is 5.11. The topological polar surface area (TPSA) is 29.5 Å². The fourth-order valence-corrected chi connectivity index (χ4v) is 0.827. The third-order valence-corrected chi connectivity index (χ3v) is 1.41. The Morgan fingerprint density at radius 3 is 2.54 bits per heavy atom. The summed E-state index contributed by atoms with van der Waals surface area (Å²) in [6.07, 6.45) is 7.54. The Hall–Kier alpha value is -0.760. The van der Waals surface area contributed by atoms with Crippen molar-refractivity contribution in [1.29, 1.82) is 0 Å². The van der Waals surface area contributed by atoms with Crippen LogP contribution in [0.5, 0.6) is 0 Å². The number of rotatable bonds is 6. The van der Waals surface area contributed by atoms with Crippen LogP contribution in [-0.4, -0.2) is 17.8 Å². The number of aliphatic hydroxyl groups is 1. The second-order valence-corrected chi connectivity index (χ2v) is 2.99. The van der Waals surface area contributed by atoms with Crippen molar-refractivity contribution in [3.8, 4) is 0 Å². The van der Waals surface area contributed by atoms with Crippen molar-refractivity contribution in [2.75, 3.05) is 6.61 Å². The van der Waals surface area contributed by atoms with E-state index in [-0.39, 0.29) is 0 Å². The van der Waals surface area contributed by atoms with Gasteiger partial charge in [0.15, 0.2) is 0 Å². The molecule has 76 valence electrons. The smallest absolute Gasteiger partial charge is 0.115 e. The molecule has 1 atom stereocenters. The number of hydrogen-bond donors (Lipinski definition) is 1. The summed E-state index contributed by atoms with van der Waals surface area (Å²) in [5, 5.41) is 9.02. The first kappa shape index (κ1) is 12.2. The Labute approximate surface area is 80.9 Å². The van der Waals surface area contributed by atoms with Gasteiger partial charge in [-0.15, -0.1) is 0 Å². The van der Waals surface area contributed by atoms with Crippen LogP contribution in [0.4, 0.5) is 0 Å². The van der Waals surface area contributed by atoms with Crippen LogP contribution in [0.2, 0.25) is 0 Å². The van der Waals surface area contributed by atoms with Crippen molar-refractivity contribution in [2.45, 2.75) is 39.7 Å². The lowest BCUT2D eigenvalue weighted by Gasteiger charge is -2.08. The zero-order valence-corrected chi connectivity index (χ0v) is 8.79.